The Morgan fingerprint density at radius 1 is 1.14 bits per heavy atom. The summed E-state index contributed by atoms with van der Waals surface area (Å²) < 4.78 is 5.23. The van der Waals surface area contributed by atoms with Gasteiger partial charge in [0.25, 0.3) is 0 Å². The molecule has 0 saturated carbocycles. The van der Waals surface area contributed by atoms with Crippen LogP contribution in [0.2, 0.25) is 0 Å². The molecule has 1 aromatic rings. The molecule has 1 aliphatic heterocycles. The van der Waals surface area contributed by atoms with Crippen molar-refractivity contribution < 1.29 is 35.4 Å². The van der Waals surface area contributed by atoms with E-state index in [0.717, 1.165) is 0 Å². The third kappa shape index (κ3) is 4.08. The zero-order chi connectivity index (χ0) is 16.3. The fourth-order valence-electron chi connectivity index (χ4n) is 2.55. The van der Waals surface area contributed by atoms with Crippen LogP contribution in [-0.2, 0) is 11.2 Å². The van der Waals surface area contributed by atoms with Crippen LogP contribution in [0.4, 0.5) is 0 Å². The summed E-state index contributed by atoms with van der Waals surface area (Å²) in [6.45, 7) is -0.0889. The van der Waals surface area contributed by atoms with Gasteiger partial charge in [-0.3, -0.25) is 0 Å². The molecule has 1 fully saturated rings. The SMILES string of the molecule is Oc1ccc(CCC(O)CC2OCC(O)C(O)C2O)c(O)c1. The van der Waals surface area contributed by atoms with Crippen molar-refractivity contribution in [3.05, 3.63) is 23.8 Å². The smallest absolute Gasteiger partial charge is 0.122 e. The van der Waals surface area contributed by atoms with Crippen LogP contribution in [-0.4, -0.2) is 67.8 Å². The molecule has 0 aromatic heterocycles. The predicted octanol–water partition coefficient (Wildman–Crippen LogP) is -0.737. The molecule has 0 aliphatic carbocycles. The first-order valence-electron chi connectivity index (χ1n) is 7.23. The number of hydrogen-bond donors (Lipinski definition) is 6. The molecular weight excluding hydrogens is 292 g/mol. The molecule has 22 heavy (non-hydrogen) atoms. The Morgan fingerprint density at radius 2 is 1.86 bits per heavy atom. The van der Waals surface area contributed by atoms with E-state index in [1.165, 1.54) is 12.1 Å². The molecule has 0 amide bonds. The van der Waals surface area contributed by atoms with Gasteiger partial charge in [-0.15, -0.1) is 0 Å². The fraction of sp³-hybridized carbons (Fsp3) is 0.600. The van der Waals surface area contributed by atoms with Crippen molar-refractivity contribution in [2.24, 2.45) is 0 Å². The first-order valence-corrected chi connectivity index (χ1v) is 7.23. The number of benzene rings is 1. The van der Waals surface area contributed by atoms with Crippen molar-refractivity contribution >= 4 is 0 Å². The van der Waals surface area contributed by atoms with E-state index in [1.54, 1.807) is 6.07 Å². The van der Waals surface area contributed by atoms with Gasteiger partial charge >= 0.3 is 0 Å². The van der Waals surface area contributed by atoms with Gasteiger partial charge in [0.2, 0.25) is 0 Å². The maximum absolute atomic E-state index is 10.0. The lowest BCUT2D eigenvalue weighted by Crippen LogP contribution is -2.53. The summed E-state index contributed by atoms with van der Waals surface area (Å²) in [6, 6.07) is 4.25. The average molecular weight is 314 g/mol. The van der Waals surface area contributed by atoms with Crippen molar-refractivity contribution in [3.8, 4) is 11.5 Å². The minimum atomic E-state index is -1.29. The summed E-state index contributed by atoms with van der Waals surface area (Å²) in [6.07, 6.45) is -4.38. The van der Waals surface area contributed by atoms with E-state index in [1.807, 2.05) is 0 Å². The number of aliphatic hydroxyl groups is 4. The molecular formula is C15H22O7. The summed E-state index contributed by atoms with van der Waals surface area (Å²) in [7, 11) is 0. The molecule has 1 saturated heterocycles. The monoisotopic (exact) mass is 314 g/mol. The zero-order valence-corrected chi connectivity index (χ0v) is 12.0. The van der Waals surface area contributed by atoms with E-state index in [0.29, 0.717) is 18.4 Å². The van der Waals surface area contributed by atoms with E-state index in [4.69, 9.17) is 4.74 Å². The van der Waals surface area contributed by atoms with Gasteiger partial charge in [-0.05, 0) is 24.5 Å². The molecule has 1 aromatic carbocycles. The molecule has 6 N–H and O–H groups in total. The number of rotatable bonds is 5. The van der Waals surface area contributed by atoms with Crippen LogP contribution in [0.3, 0.4) is 0 Å². The summed E-state index contributed by atoms with van der Waals surface area (Å²) >= 11 is 0. The van der Waals surface area contributed by atoms with Gasteiger partial charge in [0.15, 0.2) is 0 Å². The molecule has 1 aliphatic rings. The van der Waals surface area contributed by atoms with Crippen molar-refractivity contribution in [2.45, 2.75) is 49.8 Å². The van der Waals surface area contributed by atoms with Gasteiger partial charge in [0, 0.05) is 12.5 Å². The first-order chi connectivity index (χ1) is 10.4. The molecule has 0 bridgehead atoms. The van der Waals surface area contributed by atoms with Crippen molar-refractivity contribution in [3.63, 3.8) is 0 Å². The van der Waals surface area contributed by atoms with Gasteiger partial charge in [-0.25, -0.2) is 0 Å². The van der Waals surface area contributed by atoms with Crippen molar-refractivity contribution in [1.29, 1.82) is 0 Å². The van der Waals surface area contributed by atoms with Crippen LogP contribution in [0.15, 0.2) is 18.2 Å². The molecule has 5 unspecified atom stereocenters. The predicted molar refractivity (Wildman–Crippen MR) is 76.5 cm³/mol. The molecule has 7 heteroatoms. The van der Waals surface area contributed by atoms with Gasteiger partial charge in [-0.1, -0.05) is 6.07 Å². The summed E-state index contributed by atoms with van der Waals surface area (Å²) in [5.41, 5.74) is 0.595. The summed E-state index contributed by atoms with van der Waals surface area (Å²) in [4.78, 5) is 0. The highest BCUT2D eigenvalue weighted by atomic mass is 16.5. The maximum atomic E-state index is 10.0. The molecule has 1 heterocycles. The molecule has 0 radical (unpaired) electrons. The van der Waals surface area contributed by atoms with Crippen LogP contribution in [0.25, 0.3) is 0 Å². The highest BCUT2D eigenvalue weighted by molar-refractivity contribution is 5.38. The Bertz CT molecular complexity index is 493. The number of aliphatic hydroxyl groups excluding tert-OH is 4. The molecule has 7 nitrogen and oxygen atoms in total. The van der Waals surface area contributed by atoms with E-state index in [-0.39, 0.29) is 24.5 Å². The minimum absolute atomic E-state index is 0.0342. The van der Waals surface area contributed by atoms with Crippen LogP contribution in [0, 0.1) is 0 Å². The van der Waals surface area contributed by atoms with Crippen LogP contribution >= 0.6 is 0 Å². The lowest BCUT2D eigenvalue weighted by atomic mass is 9.94. The molecule has 0 spiro atoms. The second-order valence-electron chi connectivity index (χ2n) is 5.66. The maximum Gasteiger partial charge on any atom is 0.122 e. The Hall–Kier alpha value is -1.38. The number of hydrogen-bond acceptors (Lipinski definition) is 7. The quantitative estimate of drug-likeness (QED) is 0.422. The van der Waals surface area contributed by atoms with Gasteiger partial charge in [0.1, 0.15) is 29.8 Å². The largest absolute Gasteiger partial charge is 0.508 e. The third-order valence-electron chi connectivity index (χ3n) is 3.93. The lowest BCUT2D eigenvalue weighted by Gasteiger charge is -2.36. The number of ether oxygens (including phenoxy) is 1. The van der Waals surface area contributed by atoms with Crippen molar-refractivity contribution in [1.82, 2.24) is 0 Å². The third-order valence-corrected chi connectivity index (χ3v) is 3.93. The van der Waals surface area contributed by atoms with Gasteiger partial charge < -0.3 is 35.4 Å². The minimum Gasteiger partial charge on any atom is -0.508 e. The van der Waals surface area contributed by atoms with Gasteiger partial charge in [0.05, 0.1) is 18.8 Å². The Balaban J connectivity index is 1.84. The zero-order valence-electron chi connectivity index (χ0n) is 12.0. The molecule has 124 valence electrons. The fourth-order valence-corrected chi connectivity index (χ4v) is 2.55. The highest BCUT2D eigenvalue weighted by Crippen LogP contribution is 2.25. The number of phenolic OH excluding ortho intramolecular Hbond substituents is 2. The first kappa shape index (κ1) is 17.0. The second-order valence-corrected chi connectivity index (χ2v) is 5.66. The average Bonchev–Trinajstić information content (AvgIpc) is 2.47. The highest BCUT2D eigenvalue weighted by Gasteiger charge is 2.38. The molecule has 2 rings (SSSR count). The summed E-state index contributed by atoms with van der Waals surface area (Å²) in [5, 5.41) is 57.6. The van der Waals surface area contributed by atoms with E-state index < -0.39 is 30.5 Å². The van der Waals surface area contributed by atoms with Crippen LogP contribution in [0.1, 0.15) is 18.4 Å². The number of aryl methyl sites for hydroxylation is 1. The second kappa shape index (κ2) is 7.26. The van der Waals surface area contributed by atoms with E-state index in [9.17, 15) is 30.6 Å². The van der Waals surface area contributed by atoms with Crippen LogP contribution in [0.5, 0.6) is 11.5 Å². The Labute approximate surface area is 128 Å². The van der Waals surface area contributed by atoms with E-state index in [2.05, 4.69) is 0 Å². The topological polar surface area (TPSA) is 131 Å². The van der Waals surface area contributed by atoms with Crippen molar-refractivity contribution in [2.75, 3.05) is 6.61 Å². The van der Waals surface area contributed by atoms with Gasteiger partial charge in [-0.2, -0.15) is 0 Å². The Morgan fingerprint density at radius 3 is 2.55 bits per heavy atom. The van der Waals surface area contributed by atoms with Crippen LogP contribution < -0.4 is 0 Å². The normalized spacial score (nSPS) is 30.2. The van der Waals surface area contributed by atoms with E-state index >= 15 is 0 Å². The molecule has 5 atom stereocenters. The number of phenols is 2. The Kier molecular flexibility index (Phi) is 5.60. The standard InChI is InChI=1S/C15H22O7/c16-9-3-1-8(11(18)5-9)2-4-10(17)6-13-15(21)14(20)12(19)7-22-13/h1,3,5,10,12-21H,2,4,6-7H2. The number of aromatic hydroxyl groups is 2. The lowest BCUT2D eigenvalue weighted by molar-refractivity contribution is -0.193. The summed E-state index contributed by atoms with van der Waals surface area (Å²) in [5.74, 6) is -0.0761.